The van der Waals surface area contributed by atoms with Gasteiger partial charge in [0.25, 0.3) is 0 Å². The molecular formula is C14H22ClFN2. The lowest BCUT2D eigenvalue weighted by molar-refractivity contribution is 0.304. The van der Waals surface area contributed by atoms with Gasteiger partial charge in [0.2, 0.25) is 0 Å². The average molecular weight is 273 g/mol. The molecule has 0 heterocycles. The number of nitrogen functional groups attached to an aromatic ring is 1. The van der Waals surface area contributed by atoms with Crippen molar-refractivity contribution in [1.29, 1.82) is 0 Å². The topological polar surface area (TPSA) is 38.0 Å². The van der Waals surface area contributed by atoms with E-state index in [-0.39, 0.29) is 5.02 Å². The molecular weight excluding hydrogens is 251 g/mol. The van der Waals surface area contributed by atoms with Gasteiger partial charge in [-0.05, 0) is 23.8 Å². The van der Waals surface area contributed by atoms with E-state index in [1.165, 1.54) is 6.07 Å². The third-order valence-corrected chi connectivity index (χ3v) is 3.62. The minimum atomic E-state index is -0.482. The van der Waals surface area contributed by atoms with E-state index >= 15 is 0 Å². The number of rotatable bonds is 5. The Bertz CT molecular complexity index is 397. The van der Waals surface area contributed by atoms with E-state index in [2.05, 4.69) is 33.0 Å². The largest absolute Gasteiger partial charge is 0.397 e. The van der Waals surface area contributed by atoms with Crippen LogP contribution in [0.1, 0.15) is 27.7 Å². The molecule has 1 rings (SSSR count). The number of hydrogen-bond donors (Lipinski definition) is 2. The Labute approximate surface area is 114 Å². The SMILES string of the molecule is CC(C)C(CNc1cc(Cl)c(F)cc1N)C(C)C. The second-order valence-electron chi connectivity index (χ2n) is 5.39. The fourth-order valence-corrected chi connectivity index (χ4v) is 2.35. The zero-order valence-electron chi connectivity index (χ0n) is 11.4. The Balaban J connectivity index is 2.76. The molecule has 102 valence electrons. The van der Waals surface area contributed by atoms with Crippen LogP contribution in [0.5, 0.6) is 0 Å². The maximum absolute atomic E-state index is 13.2. The number of halogens is 2. The smallest absolute Gasteiger partial charge is 0.143 e. The summed E-state index contributed by atoms with van der Waals surface area (Å²) >= 11 is 5.76. The van der Waals surface area contributed by atoms with Gasteiger partial charge >= 0.3 is 0 Å². The zero-order chi connectivity index (χ0) is 13.9. The Morgan fingerprint density at radius 3 is 2.28 bits per heavy atom. The van der Waals surface area contributed by atoms with Crippen LogP contribution < -0.4 is 11.1 Å². The second kappa shape index (κ2) is 6.28. The maximum atomic E-state index is 13.2. The van der Waals surface area contributed by atoms with Crippen molar-refractivity contribution in [3.63, 3.8) is 0 Å². The molecule has 3 N–H and O–H groups in total. The van der Waals surface area contributed by atoms with Crippen LogP contribution in [0.4, 0.5) is 15.8 Å². The van der Waals surface area contributed by atoms with Gasteiger partial charge in [0, 0.05) is 12.6 Å². The molecule has 0 bridgehead atoms. The number of hydrogen-bond acceptors (Lipinski definition) is 2. The fourth-order valence-electron chi connectivity index (χ4n) is 2.18. The van der Waals surface area contributed by atoms with E-state index < -0.39 is 5.82 Å². The molecule has 0 unspecified atom stereocenters. The lowest BCUT2D eigenvalue weighted by Gasteiger charge is -2.26. The molecule has 0 saturated carbocycles. The van der Waals surface area contributed by atoms with E-state index in [0.717, 1.165) is 6.54 Å². The quantitative estimate of drug-likeness (QED) is 0.780. The molecule has 0 aliphatic carbocycles. The van der Waals surface area contributed by atoms with Crippen molar-refractivity contribution < 1.29 is 4.39 Å². The van der Waals surface area contributed by atoms with Gasteiger partial charge < -0.3 is 11.1 Å². The predicted octanol–water partition coefficient (Wildman–Crippen LogP) is 4.40. The van der Waals surface area contributed by atoms with Gasteiger partial charge in [-0.1, -0.05) is 39.3 Å². The van der Waals surface area contributed by atoms with Crippen molar-refractivity contribution in [2.24, 2.45) is 17.8 Å². The summed E-state index contributed by atoms with van der Waals surface area (Å²) in [6.45, 7) is 9.61. The summed E-state index contributed by atoms with van der Waals surface area (Å²) in [5.74, 6) is 1.21. The van der Waals surface area contributed by atoms with Crippen molar-refractivity contribution in [3.05, 3.63) is 23.0 Å². The Kier molecular flexibility index (Phi) is 5.27. The van der Waals surface area contributed by atoms with Gasteiger partial charge in [-0.2, -0.15) is 0 Å². The van der Waals surface area contributed by atoms with Crippen molar-refractivity contribution in [3.8, 4) is 0 Å². The summed E-state index contributed by atoms with van der Waals surface area (Å²) < 4.78 is 13.2. The lowest BCUT2D eigenvalue weighted by atomic mass is 9.85. The van der Waals surface area contributed by atoms with Gasteiger partial charge in [-0.25, -0.2) is 4.39 Å². The lowest BCUT2D eigenvalue weighted by Crippen LogP contribution is -2.24. The Hall–Kier alpha value is -0.960. The summed E-state index contributed by atoms with van der Waals surface area (Å²) in [4.78, 5) is 0. The molecule has 1 aromatic rings. The van der Waals surface area contributed by atoms with Crippen molar-refractivity contribution in [2.45, 2.75) is 27.7 Å². The van der Waals surface area contributed by atoms with Crippen LogP contribution in [0.3, 0.4) is 0 Å². The van der Waals surface area contributed by atoms with E-state index in [4.69, 9.17) is 17.3 Å². The van der Waals surface area contributed by atoms with Crippen molar-refractivity contribution >= 4 is 23.0 Å². The highest BCUT2D eigenvalue weighted by Gasteiger charge is 2.17. The molecule has 0 atom stereocenters. The molecule has 0 aliphatic heterocycles. The van der Waals surface area contributed by atoms with E-state index in [9.17, 15) is 4.39 Å². The van der Waals surface area contributed by atoms with Crippen LogP contribution in [0.2, 0.25) is 5.02 Å². The number of benzene rings is 1. The summed E-state index contributed by atoms with van der Waals surface area (Å²) in [6.07, 6.45) is 0. The van der Waals surface area contributed by atoms with Crippen molar-refractivity contribution in [2.75, 3.05) is 17.6 Å². The average Bonchev–Trinajstić information content (AvgIpc) is 2.24. The molecule has 0 fully saturated rings. The number of anilines is 2. The minimum absolute atomic E-state index is 0.0948. The predicted molar refractivity (Wildman–Crippen MR) is 77.5 cm³/mol. The molecule has 0 spiro atoms. The first-order valence-electron chi connectivity index (χ1n) is 6.31. The Morgan fingerprint density at radius 1 is 1.22 bits per heavy atom. The summed E-state index contributed by atoms with van der Waals surface area (Å²) in [5.41, 5.74) is 6.86. The van der Waals surface area contributed by atoms with Gasteiger partial charge in [-0.3, -0.25) is 0 Å². The standard InChI is InChI=1S/C14H22ClFN2/c1-8(2)10(9(3)4)7-18-14-5-11(15)12(16)6-13(14)17/h5-6,8-10,18H,7,17H2,1-4H3. The number of nitrogens with one attached hydrogen (secondary N) is 1. The highest BCUT2D eigenvalue weighted by Crippen LogP contribution is 2.28. The third kappa shape index (κ3) is 3.77. The van der Waals surface area contributed by atoms with Crippen LogP contribution in [0.15, 0.2) is 12.1 Å². The van der Waals surface area contributed by atoms with Gasteiger partial charge in [0.1, 0.15) is 5.82 Å². The third-order valence-electron chi connectivity index (χ3n) is 3.33. The maximum Gasteiger partial charge on any atom is 0.143 e. The highest BCUT2D eigenvalue weighted by molar-refractivity contribution is 6.31. The van der Waals surface area contributed by atoms with Crippen LogP contribution in [-0.2, 0) is 0 Å². The van der Waals surface area contributed by atoms with Crippen LogP contribution in [0, 0.1) is 23.6 Å². The van der Waals surface area contributed by atoms with E-state index in [1.54, 1.807) is 6.07 Å². The van der Waals surface area contributed by atoms with Gasteiger partial charge in [0.05, 0.1) is 16.4 Å². The van der Waals surface area contributed by atoms with Gasteiger partial charge in [0.15, 0.2) is 0 Å². The van der Waals surface area contributed by atoms with E-state index in [0.29, 0.717) is 29.1 Å². The molecule has 0 saturated heterocycles. The van der Waals surface area contributed by atoms with Crippen molar-refractivity contribution in [1.82, 2.24) is 0 Å². The first-order valence-corrected chi connectivity index (χ1v) is 6.69. The van der Waals surface area contributed by atoms with Crippen LogP contribution in [-0.4, -0.2) is 6.54 Å². The molecule has 0 aromatic heterocycles. The van der Waals surface area contributed by atoms with Crippen LogP contribution >= 0.6 is 11.6 Å². The first-order chi connectivity index (χ1) is 8.32. The number of nitrogens with two attached hydrogens (primary N) is 1. The second-order valence-corrected chi connectivity index (χ2v) is 5.79. The molecule has 0 amide bonds. The Morgan fingerprint density at radius 2 is 1.78 bits per heavy atom. The summed E-state index contributed by atoms with van der Waals surface area (Å²) in [7, 11) is 0. The minimum Gasteiger partial charge on any atom is -0.397 e. The van der Waals surface area contributed by atoms with E-state index in [1.807, 2.05) is 0 Å². The fraction of sp³-hybridized carbons (Fsp3) is 0.571. The normalized spacial score (nSPS) is 11.6. The molecule has 18 heavy (non-hydrogen) atoms. The van der Waals surface area contributed by atoms with Crippen LogP contribution in [0.25, 0.3) is 0 Å². The molecule has 4 heteroatoms. The molecule has 2 nitrogen and oxygen atoms in total. The summed E-state index contributed by atoms with van der Waals surface area (Å²) in [5, 5.41) is 3.36. The summed E-state index contributed by atoms with van der Waals surface area (Å²) in [6, 6.07) is 2.80. The monoisotopic (exact) mass is 272 g/mol. The zero-order valence-corrected chi connectivity index (χ0v) is 12.2. The molecule has 0 radical (unpaired) electrons. The van der Waals surface area contributed by atoms with Gasteiger partial charge in [-0.15, -0.1) is 0 Å². The molecule has 1 aromatic carbocycles. The highest BCUT2D eigenvalue weighted by atomic mass is 35.5. The first kappa shape index (κ1) is 15.1. The molecule has 0 aliphatic rings.